The van der Waals surface area contributed by atoms with Crippen molar-refractivity contribution in [3.05, 3.63) is 47.5 Å². The summed E-state index contributed by atoms with van der Waals surface area (Å²) in [4.78, 5) is 36.8. The molecule has 0 radical (unpaired) electrons. The van der Waals surface area contributed by atoms with Gasteiger partial charge in [-0.25, -0.2) is 0 Å². The molecule has 1 amide bonds. The summed E-state index contributed by atoms with van der Waals surface area (Å²) in [6.45, 7) is 3.05. The number of Topliss-reactive ketones (excluding diaryl/α,β-unsaturated/α-hetero) is 1. The third kappa shape index (κ3) is 12.6. The SMILES string of the molecule is Cc1cccc(C[C@H](O)/C=C/[C@H]2CCC(=O)N2CCSCCCCOC(=O)CCC(=O)CN)c1.Cl. The van der Waals surface area contributed by atoms with Gasteiger partial charge in [0.2, 0.25) is 5.91 Å². The summed E-state index contributed by atoms with van der Waals surface area (Å²) < 4.78 is 5.12. The molecule has 1 aromatic carbocycles. The van der Waals surface area contributed by atoms with E-state index in [0.717, 1.165) is 36.3 Å². The number of carbonyl (C=O) groups is 3. The van der Waals surface area contributed by atoms with Crippen LogP contribution in [0.5, 0.6) is 0 Å². The van der Waals surface area contributed by atoms with Crippen molar-refractivity contribution in [3.63, 3.8) is 0 Å². The highest BCUT2D eigenvalue weighted by molar-refractivity contribution is 7.99. The number of nitrogens with zero attached hydrogens (tertiary/aromatic N) is 1. The minimum atomic E-state index is -0.566. The Kier molecular flexibility index (Phi) is 15.6. The van der Waals surface area contributed by atoms with Crippen molar-refractivity contribution >= 4 is 41.8 Å². The van der Waals surface area contributed by atoms with Gasteiger partial charge in [0, 0.05) is 31.6 Å². The van der Waals surface area contributed by atoms with Gasteiger partial charge in [-0.1, -0.05) is 42.0 Å². The molecule has 0 unspecified atom stereocenters. The standard InChI is InChI=1S/C26H38N2O5S.ClH/c1-20-5-4-6-21(17-20)18-23(29)9-7-22-8-11-25(31)28(22)13-16-34-15-3-2-14-33-26(32)12-10-24(30)19-27;/h4-7,9,17,22-23,29H,2-3,8,10-16,18-19,27H2,1H3;1H/b9-7+;/t22-,23+;/m0./s1. The zero-order valence-electron chi connectivity index (χ0n) is 20.5. The van der Waals surface area contributed by atoms with Gasteiger partial charge < -0.3 is 20.5 Å². The lowest BCUT2D eigenvalue weighted by Crippen LogP contribution is -2.34. The number of benzene rings is 1. The summed E-state index contributed by atoms with van der Waals surface area (Å²) in [7, 11) is 0. The molecular weight excluding hydrogens is 488 g/mol. The molecule has 1 aromatic rings. The molecule has 0 aliphatic carbocycles. The van der Waals surface area contributed by atoms with Gasteiger partial charge in [-0.15, -0.1) is 12.4 Å². The molecule has 35 heavy (non-hydrogen) atoms. The van der Waals surface area contributed by atoms with Crippen LogP contribution in [-0.4, -0.2) is 71.0 Å². The van der Waals surface area contributed by atoms with Gasteiger partial charge in [0.25, 0.3) is 0 Å². The number of aliphatic hydroxyl groups excluding tert-OH is 1. The summed E-state index contributed by atoms with van der Waals surface area (Å²) in [6.07, 6.45) is 7.06. The number of hydrogen-bond donors (Lipinski definition) is 2. The molecular formula is C26H39ClN2O5S. The Morgan fingerprint density at radius 3 is 2.83 bits per heavy atom. The highest BCUT2D eigenvalue weighted by Crippen LogP contribution is 2.21. The fraction of sp³-hybridized carbons (Fsp3) is 0.577. The molecule has 0 saturated carbocycles. The number of amides is 1. The van der Waals surface area contributed by atoms with E-state index in [-0.39, 0.29) is 55.5 Å². The number of ketones is 1. The van der Waals surface area contributed by atoms with Crippen molar-refractivity contribution in [1.29, 1.82) is 0 Å². The molecule has 1 saturated heterocycles. The maximum absolute atomic E-state index is 12.3. The van der Waals surface area contributed by atoms with Gasteiger partial charge in [0.15, 0.2) is 0 Å². The third-order valence-corrected chi connectivity index (χ3v) is 6.76. The first kappa shape index (κ1) is 31.2. The molecule has 2 rings (SSSR count). The number of nitrogens with two attached hydrogens (primary N) is 1. The monoisotopic (exact) mass is 526 g/mol. The number of rotatable bonds is 16. The van der Waals surface area contributed by atoms with Crippen LogP contribution in [0.3, 0.4) is 0 Å². The molecule has 0 spiro atoms. The van der Waals surface area contributed by atoms with Crippen LogP contribution in [0.15, 0.2) is 36.4 Å². The predicted molar refractivity (Wildman–Crippen MR) is 143 cm³/mol. The molecule has 1 aliphatic heterocycles. The molecule has 7 nitrogen and oxygen atoms in total. The minimum Gasteiger partial charge on any atom is -0.466 e. The highest BCUT2D eigenvalue weighted by Gasteiger charge is 2.28. The Bertz CT molecular complexity index is 836. The number of ether oxygens (including phenoxy) is 1. The van der Waals surface area contributed by atoms with Crippen molar-refractivity contribution in [2.45, 2.75) is 64.0 Å². The molecule has 196 valence electrons. The third-order valence-electron chi connectivity index (χ3n) is 5.72. The summed E-state index contributed by atoms with van der Waals surface area (Å²) in [6, 6.07) is 8.18. The molecule has 0 bridgehead atoms. The molecule has 1 aliphatic rings. The number of aliphatic hydroxyl groups is 1. The summed E-state index contributed by atoms with van der Waals surface area (Å²) >= 11 is 1.78. The van der Waals surface area contributed by atoms with Crippen molar-refractivity contribution in [3.8, 4) is 0 Å². The van der Waals surface area contributed by atoms with Crippen molar-refractivity contribution in [2.24, 2.45) is 5.73 Å². The van der Waals surface area contributed by atoms with E-state index in [1.54, 1.807) is 11.8 Å². The smallest absolute Gasteiger partial charge is 0.306 e. The average molecular weight is 527 g/mol. The number of carbonyl (C=O) groups excluding carboxylic acids is 3. The zero-order valence-corrected chi connectivity index (χ0v) is 22.2. The van der Waals surface area contributed by atoms with Gasteiger partial charge >= 0.3 is 5.97 Å². The lowest BCUT2D eigenvalue weighted by Gasteiger charge is -2.22. The topological polar surface area (TPSA) is 110 Å². The Morgan fingerprint density at radius 2 is 2.09 bits per heavy atom. The maximum atomic E-state index is 12.3. The first-order valence-corrected chi connectivity index (χ1v) is 13.2. The van der Waals surface area contributed by atoms with Crippen molar-refractivity contribution in [2.75, 3.05) is 31.2 Å². The van der Waals surface area contributed by atoms with Crippen LogP contribution in [0.1, 0.15) is 49.7 Å². The van der Waals surface area contributed by atoms with E-state index in [0.29, 0.717) is 26.0 Å². The Hall–Kier alpha value is -1.87. The molecule has 0 aromatic heterocycles. The second-order valence-electron chi connectivity index (χ2n) is 8.62. The number of unbranched alkanes of at least 4 members (excludes halogenated alkanes) is 1. The highest BCUT2D eigenvalue weighted by atomic mass is 35.5. The second-order valence-corrected chi connectivity index (χ2v) is 9.85. The number of thioether (sulfide) groups is 1. The van der Waals surface area contributed by atoms with Crippen LogP contribution in [0, 0.1) is 6.92 Å². The van der Waals surface area contributed by atoms with E-state index in [1.807, 2.05) is 42.2 Å². The predicted octanol–water partition coefficient (Wildman–Crippen LogP) is 3.23. The molecule has 2 atom stereocenters. The summed E-state index contributed by atoms with van der Waals surface area (Å²) in [5.74, 6) is 1.46. The molecule has 9 heteroatoms. The maximum Gasteiger partial charge on any atom is 0.306 e. The summed E-state index contributed by atoms with van der Waals surface area (Å²) in [5.41, 5.74) is 7.49. The lowest BCUT2D eigenvalue weighted by molar-refractivity contribution is -0.144. The molecule has 3 N–H and O–H groups in total. The van der Waals surface area contributed by atoms with Crippen LogP contribution >= 0.6 is 24.2 Å². The first-order chi connectivity index (χ1) is 16.4. The van der Waals surface area contributed by atoms with E-state index in [9.17, 15) is 19.5 Å². The fourth-order valence-corrected chi connectivity index (χ4v) is 4.76. The first-order valence-electron chi connectivity index (χ1n) is 12.1. The quantitative estimate of drug-likeness (QED) is 0.193. The largest absolute Gasteiger partial charge is 0.466 e. The number of aryl methyl sites for hydroxylation is 1. The van der Waals surface area contributed by atoms with Crippen molar-refractivity contribution in [1.82, 2.24) is 4.90 Å². The van der Waals surface area contributed by atoms with Gasteiger partial charge in [-0.3, -0.25) is 14.4 Å². The normalized spacial score (nSPS) is 16.4. The van der Waals surface area contributed by atoms with Crippen LogP contribution in [-0.2, 0) is 25.5 Å². The minimum absolute atomic E-state index is 0. The van der Waals surface area contributed by atoms with Gasteiger partial charge in [-0.05, 0) is 37.5 Å². The summed E-state index contributed by atoms with van der Waals surface area (Å²) in [5, 5.41) is 10.4. The van der Waals surface area contributed by atoms with Crippen LogP contribution in [0.4, 0.5) is 0 Å². The number of hydrogen-bond acceptors (Lipinski definition) is 7. The van der Waals surface area contributed by atoms with Gasteiger partial charge in [0.1, 0.15) is 5.78 Å². The average Bonchev–Trinajstić information content (AvgIpc) is 3.17. The van der Waals surface area contributed by atoms with Gasteiger partial charge in [0.05, 0.1) is 31.7 Å². The Morgan fingerprint density at radius 1 is 1.29 bits per heavy atom. The van der Waals surface area contributed by atoms with Crippen LogP contribution in [0.2, 0.25) is 0 Å². The van der Waals surface area contributed by atoms with Crippen LogP contribution < -0.4 is 5.73 Å². The van der Waals surface area contributed by atoms with E-state index < -0.39 is 6.10 Å². The molecule has 1 heterocycles. The molecule has 1 fully saturated rings. The van der Waals surface area contributed by atoms with E-state index in [2.05, 4.69) is 6.07 Å². The van der Waals surface area contributed by atoms with Crippen LogP contribution in [0.25, 0.3) is 0 Å². The lowest BCUT2D eigenvalue weighted by atomic mass is 10.0. The van der Waals surface area contributed by atoms with E-state index in [1.165, 1.54) is 5.56 Å². The van der Waals surface area contributed by atoms with E-state index in [4.69, 9.17) is 10.5 Å². The zero-order chi connectivity index (χ0) is 24.8. The van der Waals surface area contributed by atoms with Crippen molar-refractivity contribution < 1.29 is 24.2 Å². The number of esters is 1. The number of likely N-dealkylation sites (tertiary alicyclic amines) is 1. The number of halogens is 1. The Balaban J connectivity index is 0.00000612. The van der Waals surface area contributed by atoms with E-state index >= 15 is 0 Å². The second kappa shape index (κ2) is 17.5. The van der Waals surface area contributed by atoms with Gasteiger partial charge in [-0.2, -0.15) is 11.8 Å². The Labute approximate surface area is 219 Å². The fourth-order valence-electron chi connectivity index (χ4n) is 3.82.